The molecule has 9 heteroatoms. The van der Waals surface area contributed by atoms with Gasteiger partial charge in [0, 0.05) is 22.3 Å². The van der Waals surface area contributed by atoms with E-state index in [1.807, 2.05) is 6.79 Å². The quantitative estimate of drug-likeness (QED) is 0.292. The summed E-state index contributed by atoms with van der Waals surface area (Å²) in [5, 5.41) is 0. The molecular formula is C15H10Na2O6S. The van der Waals surface area contributed by atoms with Gasteiger partial charge >= 0.3 is 59.1 Å². The van der Waals surface area contributed by atoms with E-state index >= 15 is 0 Å². The summed E-state index contributed by atoms with van der Waals surface area (Å²) in [6.07, 6.45) is 0. The van der Waals surface area contributed by atoms with Crippen LogP contribution in [0.1, 0.15) is 31.8 Å². The molecule has 0 atom stereocenters. The zero-order chi connectivity index (χ0) is 16.7. The number of hydrogen-bond acceptors (Lipinski definition) is 6. The molecule has 0 fully saturated rings. The molecule has 0 N–H and O–H groups in total. The maximum absolute atomic E-state index is 12.1. The molecule has 0 amide bonds. The van der Waals surface area contributed by atoms with Crippen molar-refractivity contribution in [2.75, 3.05) is 0 Å². The van der Waals surface area contributed by atoms with Gasteiger partial charge in [0.05, 0.1) is 0 Å². The number of carbonyl (C=O) groups excluding carboxylic acids is 3. The molecule has 114 valence electrons. The van der Waals surface area contributed by atoms with E-state index in [1.54, 1.807) is 48.5 Å². The van der Waals surface area contributed by atoms with Crippen molar-refractivity contribution in [3.8, 4) is 0 Å². The Bertz CT molecular complexity index is 626. The zero-order valence-electron chi connectivity index (χ0n) is 13.2. The van der Waals surface area contributed by atoms with Gasteiger partial charge < -0.3 is 13.9 Å². The number of ketones is 2. The largest absolute Gasteiger partial charge is 1.00 e. The van der Waals surface area contributed by atoms with Crippen molar-refractivity contribution in [2.45, 2.75) is 0 Å². The van der Waals surface area contributed by atoms with E-state index in [9.17, 15) is 9.59 Å². The molecule has 3 rings (SSSR count). The Morgan fingerprint density at radius 1 is 0.667 bits per heavy atom. The van der Waals surface area contributed by atoms with Crippen LogP contribution in [0, 0.1) is 0 Å². The summed E-state index contributed by atoms with van der Waals surface area (Å²) >= 11 is -3.11. The van der Waals surface area contributed by atoms with E-state index in [-0.39, 0.29) is 70.7 Å². The molecule has 6 nitrogen and oxygen atoms in total. The maximum Gasteiger partial charge on any atom is 1.00 e. The van der Waals surface area contributed by atoms with Gasteiger partial charge in [-0.1, -0.05) is 48.5 Å². The minimum absolute atomic E-state index is 0. The third kappa shape index (κ3) is 6.44. The number of benzene rings is 2. The zero-order valence-corrected chi connectivity index (χ0v) is 18.0. The second-order valence-corrected chi connectivity index (χ2v) is 4.36. The Balaban J connectivity index is 0. The van der Waals surface area contributed by atoms with Crippen molar-refractivity contribution in [3.05, 3.63) is 70.8 Å². The summed E-state index contributed by atoms with van der Waals surface area (Å²) in [5.41, 5.74) is 2.02. The van der Waals surface area contributed by atoms with Crippen molar-refractivity contribution in [1.29, 1.82) is 0 Å². The van der Waals surface area contributed by atoms with E-state index < -0.39 is 11.4 Å². The van der Waals surface area contributed by atoms with Gasteiger partial charge in [-0.3, -0.25) is 13.8 Å². The summed E-state index contributed by atoms with van der Waals surface area (Å²) in [6, 6.07) is 13.9. The Labute approximate surface area is 185 Å². The summed E-state index contributed by atoms with van der Waals surface area (Å²) < 4.78 is 25.3. The first-order chi connectivity index (χ1) is 10.5. The molecule has 1 aliphatic rings. The van der Waals surface area contributed by atoms with Gasteiger partial charge in [-0.15, -0.1) is 11.4 Å². The predicted molar refractivity (Wildman–Crippen MR) is 76.6 cm³/mol. The second kappa shape index (κ2) is 12.8. The number of rotatable bonds is 0. The van der Waals surface area contributed by atoms with Crippen molar-refractivity contribution >= 4 is 29.7 Å². The molecule has 0 radical (unpaired) electrons. The fourth-order valence-electron chi connectivity index (χ4n) is 2.05. The summed E-state index contributed by atoms with van der Waals surface area (Å²) in [4.78, 5) is 32.2. The van der Waals surface area contributed by atoms with E-state index in [0.29, 0.717) is 22.3 Å². The molecule has 24 heavy (non-hydrogen) atoms. The van der Waals surface area contributed by atoms with Crippen LogP contribution in [0.15, 0.2) is 48.5 Å². The average Bonchev–Trinajstić information content (AvgIpc) is 2.54. The molecule has 0 aliphatic heterocycles. The van der Waals surface area contributed by atoms with Gasteiger partial charge in [-0.2, -0.15) is 0 Å². The van der Waals surface area contributed by atoms with Gasteiger partial charge in [0.2, 0.25) is 0 Å². The van der Waals surface area contributed by atoms with Crippen LogP contribution in [0.2, 0.25) is 0 Å². The van der Waals surface area contributed by atoms with Crippen molar-refractivity contribution < 1.29 is 86.8 Å². The Morgan fingerprint density at radius 2 is 0.833 bits per heavy atom. The van der Waals surface area contributed by atoms with Crippen LogP contribution in [0.5, 0.6) is 0 Å². The third-order valence-corrected chi connectivity index (χ3v) is 2.83. The summed E-state index contributed by atoms with van der Waals surface area (Å²) in [5.74, 6) is -0.128. The third-order valence-electron chi connectivity index (χ3n) is 2.83. The average molecular weight is 364 g/mol. The molecule has 0 spiro atoms. The van der Waals surface area contributed by atoms with Gasteiger partial charge in [0.1, 0.15) is 6.79 Å². The monoisotopic (exact) mass is 364 g/mol. The molecule has 0 saturated heterocycles. The fraction of sp³-hybridized carbons (Fsp3) is 0. The van der Waals surface area contributed by atoms with Crippen LogP contribution >= 0.6 is 0 Å². The number of carbonyl (C=O) groups is 3. The molecular weight excluding hydrogens is 354 g/mol. The van der Waals surface area contributed by atoms with Crippen LogP contribution in [-0.4, -0.2) is 31.7 Å². The number of hydrogen-bond donors (Lipinski definition) is 0. The van der Waals surface area contributed by atoms with Gasteiger partial charge in [-0.05, 0) is 0 Å². The summed E-state index contributed by atoms with van der Waals surface area (Å²) in [7, 11) is 0. The molecule has 0 heterocycles. The minimum Gasteiger partial charge on any atom is -0.784 e. The smallest absolute Gasteiger partial charge is 0.784 e. The topological polar surface area (TPSA) is 114 Å². The minimum atomic E-state index is -3.11. The van der Waals surface area contributed by atoms with Crippen LogP contribution in [0.3, 0.4) is 0 Å². The summed E-state index contributed by atoms with van der Waals surface area (Å²) in [6.45, 7) is 2.00. The fourth-order valence-corrected chi connectivity index (χ4v) is 2.05. The van der Waals surface area contributed by atoms with Crippen LogP contribution < -0.4 is 59.1 Å². The molecule has 0 saturated carbocycles. The molecule has 0 bridgehead atoms. The molecule has 0 unspecified atom stereocenters. The van der Waals surface area contributed by atoms with Crippen LogP contribution in [0.4, 0.5) is 0 Å². The molecule has 2 aromatic rings. The predicted octanol–water partition coefficient (Wildman–Crippen LogP) is -4.72. The van der Waals surface area contributed by atoms with Crippen LogP contribution in [-0.2, 0) is 16.2 Å². The molecule has 2 aromatic carbocycles. The Morgan fingerprint density at radius 3 is 1.00 bits per heavy atom. The Hall–Kier alpha value is -0.480. The van der Waals surface area contributed by atoms with Gasteiger partial charge in [0.25, 0.3) is 0 Å². The van der Waals surface area contributed by atoms with E-state index in [2.05, 4.69) is 0 Å². The first-order valence-corrected chi connectivity index (χ1v) is 6.85. The molecule has 1 aliphatic carbocycles. The van der Waals surface area contributed by atoms with Crippen LogP contribution in [0.25, 0.3) is 0 Å². The van der Waals surface area contributed by atoms with Crippen molar-refractivity contribution in [2.24, 2.45) is 0 Å². The van der Waals surface area contributed by atoms with Crippen molar-refractivity contribution in [3.63, 3.8) is 0 Å². The van der Waals surface area contributed by atoms with Gasteiger partial charge in [-0.25, -0.2) is 0 Å². The standard InChI is InChI=1S/C14H8O2.CH2O.2Na.H2O3S/c15-13-9-5-1-2-6-10(9)14(16)12-8-4-3-7-11(12)13;1-2;;;1-4(2)3/h1-8H;1H2;;;(H2,1,2,3)/q;;2*+1;/p-2. The maximum atomic E-state index is 12.1. The van der Waals surface area contributed by atoms with Gasteiger partial charge in [0.15, 0.2) is 11.6 Å². The first kappa shape index (κ1) is 25.8. The van der Waals surface area contributed by atoms with Crippen molar-refractivity contribution in [1.82, 2.24) is 0 Å². The molecule has 0 aromatic heterocycles. The first-order valence-electron chi connectivity index (χ1n) is 5.85. The number of fused-ring (bicyclic) bond motifs is 2. The second-order valence-electron chi connectivity index (χ2n) is 3.95. The SMILES string of the molecule is C=O.O=C1c2ccccc2C(=O)c2ccccc21.O=S([O-])[O-].[Na+].[Na+]. The van der Waals surface area contributed by atoms with E-state index in [1.165, 1.54) is 0 Å². The van der Waals surface area contributed by atoms with E-state index in [0.717, 1.165) is 0 Å². The normalized spacial score (nSPS) is 10.5. The Kier molecular flexibility index (Phi) is 13.8. The van der Waals surface area contributed by atoms with E-state index in [4.69, 9.17) is 18.1 Å².